The number of ether oxygens (including phenoxy) is 6. The Hall–Kier alpha value is -1.01. The van der Waals surface area contributed by atoms with Gasteiger partial charge in [0.25, 0.3) is 0 Å². The SMILES string of the molecule is [N-]=[N+]=NCCOCCOCCOCCOCCOCCOCCON. The number of nitrogens with two attached hydrogens (primary N) is 1. The van der Waals surface area contributed by atoms with Gasteiger partial charge in [-0.2, -0.15) is 0 Å². The van der Waals surface area contributed by atoms with Crippen molar-refractivity contribution in [3.8, 4) is 0 Å². The third-order valence-corrected chi connectivity index (χ3v) is 2.60. The second-order valence-corrected chi connectivity index (χ2v) is 4.50. The Morgan fingerprint density at radius 3 is 1.20 bits per heavy atom. The van der Waals surface area contributed by atoms with E-state index < -0.39 is 0 Å². The van der Waals surface area contributed by atoms with E-state index in [4.69, 9.17) is 39.8 Å². The molecule has 0 aromatic carbocycles. The molecule has 25 heavy (non-hydrogen) atoms. The fourth-order valence-electron chi connectivity index (χ4n) is 1.46. The van der Waals surface area contributed by atoms with Crippen LogP contribution in [-0.2, 0) is 33.3 Å². The van der Waals surface area contributed by atoms with Crippen molar-refractivity contribution in [1.29, 1.82) is 0 Å². The molecular weight excluding hydrogens is 336 g/mol. The summed E-state index contributed by atoms with van der Waals surface area (Å²) in [5, 5.41) is 3.35. The second-order valence-electron chi connectivity index (χ2n) is 4.50. The van der Waals surface area contributed by atoms with Crippen molar-refractivity contribution in [2.75, 3.05) is 92.4 Å². The average Bonchev–Trinajstić information content (AvgIpc) is 2.63. The quantitative estimate of drug-likeness (QED) is 0.100. The molecule has 0 saturated heterocycles. The van der Waals surface area contributed by atoms with Crippen LogP contribution in [0.3, 0.4) is 0 Å². The first-order chi connectivity index (χ1) is 12.4. The van der Waals surface area contributed by atoms with Crippen LogP contribution in [0.25, 0.3) is 10.4 Å². The van der Waals surface area contributed by atoms with Crippen molar-refractivity contribution in [3.63, 3.8) is 0 Å². The van der Waals surface area contributed by atoms with Gasteiger partial charge in [0.1, 0.15) is 0 Å². The zero-order chi connectivity index (χ0) is 18.3. The topological polar surface area (TPSA) is 139 Å². The molecule has 0 aliphatic carbocycles. The number of hydrogen-bond acceptors (Lipinski definition) is 9. The van der Waals surface area contributed by atoms with Gasteiger partial charge in [0, 0.05) is 11.5 Å². The maximum Gasteiger partial charge on any atom is 0.0913 e. The van der Waals surface area contributed by atoms with E-state index in [-0.39, 0.29) is 0 Å². The van der Waals surface area contributed by atoms with Gasteiger partial charge in [-0.05, 0) is 5.53 Å². The Morgan fingerprint density at radius 2 is 0.880 bits per heavy atom. The highest BCUT2D eigenvalue weighted by molar-refractivity contribution is 4.44. The molecule has 11 heteroatoms. The van der Waals surface area contributed by atoms with E-state index >= 15 is 0 Å². The largest absolute Gasteiger partial charge is 0.379 e. The number of nitrogens with zero attached hydrogens (tertiary/aromatic N) is 3. The lowest BCUT2D eigenvalue weighted by molar-refractivity contribution is -0.0203. The predicted octanol–water partition coefficient (Wildman–Crippen LogP) is 0.287. The molecule has 0 amide bonds. The van der Waals surface area contributed by atoms with Crippen LogP contribution in [-0.4, -0.2) is 92.4 Å². The van der Waals surface area contributed by atoms with Crippen LogP contribution in [0, 0.1) is 0 Å². The summed E-state index contributed by atoms with van der Waals surface area (Å²) in [5.74, 6) is 4.85. The molecule has 0 fully saturated rings. The molecule has 0 aromatic rings. The Kier molecular flexibility index (Phi) is 22.1. The molecular formula is C14H30N4O7. The van der Waals surface area contributed by atoms with Crippen LogP contribution in [0.2, 0.25) is 0 Å². The molecule has 148 valence electrons. The van der Waals surface area contributed by atoms with Gasteiger partial charge in [-0.15, -0.1) is 0 Å². The van der Waals surface area contributed by atoms with E-state index in [0.29, 0.717) is 92.4 Å². The van der Waals surface area contributed by atoms with E-state index in [1.54, 1.807) is 0 Å². The summed E-state index contributed by atoms with van der Waals surface area (Å²) in [6, 6.07) is 0. The van der Waals surface area contributed by atoms with Gasteiger partial charge in [0.2, 0.25) is 0 Å². The third-order valence-electron chi connectivity index (χ3n) is 2.60. The van der Waals surface area contributed by atoms with E-state index in [9.17, 15) is 0 Å². The van der Waals surface area contributed by atoms with Crippen molar-refractivity contribution >= 4 is 0 Å². The van der Waals surface area contributed by atoms with E-state index in [0.717, 1.165) is 0 Å². The fourth-order valence-corrected chi connectivity index (χ4v) is 1.46. The van der Waals surface area contributed by atoms with Gasteiger partial charge >= 0.3 is 0 Å². The number of hydrogen-bond donors (Lipinski definition) is 1. The second kappa shape index (κ2) is 23.0. The number of azide groups is 1. The van der Waals surface area contributed by atoms with Gasteiger partial charge in [-0.25, -0.2) is 5.90 Å². The van der Waals surface area contributed by atoms with E-state index in [1.165, 1.54) is 0 Å². The smallest absolute Gasteiger partial charge is 0.0913 e. The third kappa shape index (κ3) is 23.0. The first kappa shape index (κ1) is 24.0. The van der Waals surface area contributed by atoms with E-state index in [1.807, 2.05) is 0 Å². The summed E-state index contributed by atoms with van der Waals surface area (Å²) in [6.45, 7) is 6.59. The summed E-state index contributed by atoms with van der Waals surface area (Å²) in [7, 11) is 0. The van der Waals surface area contributed by atoms with Gasteiger partial charge in [0.05, 0.1) is 85.9 Å². The lowest BCUT2D eigenvalue weighted by Gasteiger charge is -2.08. The Morgan fingerprint density at radius 1 is 0.560 bits per heavy atom. The molecule has 11 nitrogen and oxygen atoms in total. The van der Waals surface area contributed by atoms with Crippen LogP contribution in [0.1, 0.15) is 0 Å². The van der Waals surface area contributed by atoms with Gasteiger partial charge in [0.15, 0.2) is 0 Å². The lowest BCUT2D eigenvalue weighted by Crippen LogP contribution is -2.15. The van der Waals surface area contributed by atoms with Crippen LogP contribution >= 0.6 is 0 Å². The highest BCUT2D eigenvalue weighted by Crippen LogP contribution is 1.85. The minimum atomic E-state index is 0.336. The van der Waals surface area contributed by atoms with Gasteiger partial charge in [-0.3, -0.25) is 0 Å². The first-order valence-electron chi connectivity index (χ1n) is 8.20. The molecule has 0 bridgehead atoms. The van der Waals surface area contributed by atoms with Crippen molar-refractivity contribution in [3.05, 3.63) is 10.4 Å². The fraction of sp³-hybridized carbons (Fsp3) is 1.00. The van der Waals surface area contributed by atoms with Crippen molar-refractivity contribution < 1.29 is 33.3 Å². The molecule has 0 spiro atoms. The molecule has 0 rings (SSSR count). The minimum Gasteiger partial charge on any atom is -0.379 e. The van der Waals surface area contributed by atoms with Gasteiger partial charge < -0.3 is 33.3 Å². The molecule has 2 N–H and O–H groups in total. The number of rotatable bonds is 21. The first-order valence-corrected chi connectivity index (χ1v) is 8.20. The molecule has 0 saturated carbocycles. The molecule has 0 aliphatic rings. The summed E-state index contributed by atoms with van der Waals surface area (Å²) in [4.78, 5) is 6.98. The summed E-state index contributed by atoms with van der Waals surface area (Å²) in [5.41, 5.74) is 8.06. The van der Waals surface area contributed by atoms with Gasteiger partial charge in [-0.1, -0.05) is 5.11 Å². The summed E-state index contributed by atoms with van der Waals surface area (Å²) in [6.07, 6.45) is 0. The predicted molar refractivity (Wildman–Crippen MR) is 89.1 cm³/mol. The Labute approximate surface area is 148 Å². The standard InChI is InChI=1S/C14H30N4O7/c15-18-17-1-2-19-3-4-20-5-6-21-7-8-22-9-10-23-11-12-24-13-14-25-16/h1-14,16H2. The molecule has 0 radical (unpaired) electrons. The Bertz CT molecular complexity index is 307. The highest BCUT2D eigenvalue weighted by Gasteiger charge is 1.94. The Balaban J connectivity index is 2.97. The zero-order valence-electron chi connectivity index (χ0n) is 14.7. The molecule has 0 aromatic heterocycles. The lowest BCUT2D eigenvalue weighted by atomic mass is 10.6. The maximum atomic E-state index is 8.06. The maximum absolute atomic E-state index is 8.06. The van der Waals surface area contributed by atoms with E-state index in [2.05, 4.69) is 14.9 Å². The van der Waals surface area contributed by atoms with Crippen LogP contribution < -0.4 is 5.90 Å². The molecule has 0 heterocycles. The summed E-state index contributed by atoms with van der Waals surface area (Å²) >= 11 is 0. The van der Waals surface area contributed by atoms with Crippen molar-refractivity contribution in [2.24, 2.45) is 11.0 Å². The molecule has 0 aliphatic heterocycles. The van der Waals surface area contributed by atoms with Crippen LogP contribution in [0.5, 0.6) is 0 Å². The average molecular weight is 366 g/mol. The normalized spacial score (nSPS) is 10.8. The van der Waals surface area contributed by atoms with Crippen LogP contribution in [0.15, 0.2) is 5.11 Å². The molecule has 0 unspecified atom stereocenters. The van der Waals surface area contributed by atoms with Crippen molar-refractivity contribution in [1.82, 2.24) is 0 Å². The molecule has 0 atom stereocenters. The van der Waals surface area contributed by atoms with Crippen LogP contribution in [0.4, 0.5) is 0 Å². The summed E-state index contributed by atoms with van der Waals surface area (Å²) < 4.78 is 31.7. The minimum absolute atomic E-state index is 0.336. The highest BCUT2D eigenvalue weighted by atomic mass is 16.6. The zero-order valence-corrected chi connectivity index (χ0v) is 14.7. The monoisotopic (exact) mass is 366 g/mol. The van der Waals surface area contributed by atoms with Crippen molar-refractivity contribution in [2.45, 2.75) is 0 Å².